The molecule has 0 spiro atoms. The van der Waals surface area contributed by atoms with Crippen molar-refractivity contribution >= 4 is 35.2 Å². The fourth-order valence-corrected chi connectivity index (χ4v) is 5.40. The molecule has 2 aromatic carbocycles. The molecule has 8 heteroatoms. The number of nitrogens with zero attached hydrogens (tertiary/aromatic N) is 3. The van der Waals surface area contributed by atoms with Gasteiger partial charge in [0.25, 0.3) is 5.91 Å². The SMILES string of the molecule is COc1ccc(C2SCC(=O)N2CCN2CCN(C(=O)c3ccccc3Cl)CC2)cc1. The van der Waals surface area contributed by atoms with Crippen LogP contribution >= 0.6 is 23.4 Å². The summed E-state index contributed by atoms with van der Waals surface area (Å²) in [6, 6.07) is 15.1. The van der Waals surface area contributed by atoms with Crippen LogP contribution in [-0.4, -0.2) is 78.6 Å². The molecule has 0 radical (unpaired) electrons. The number of amides is 2. The van der Waals surface area contributed by atoms with Crippen LogP contribution in [0.1, 0.15) is 21.3 Å². The van der Waals surface area contributed by atoms with Crippen molar-refractivity contribution in [1.82, 2.24) is 14.7 Å². The van der Waals surface area contributed by atoms with Crippen LogP contribution in [0.3, 0.4) is 0 Å². The van der Waals surface area contributed by atoms with E-state index in [-0.39, 0.29) is 17.2 Å². The predicted octanol–water partition coefficient (Wildman–Crippen LogP) is 3.38. The number of rotatable bonds is 6. The summed E-state index contributed by atoms with van der Waals surface area (Å²) in [5.41, 5.74) is 1.67. The van der Waals surface area contributed by atoms with Crippen molar-refractivity contribution in [1.29, 1.82) is 0 Å². The van der Waals surface area contributed by atoms with E-state index in [1.54, 1.807) is 31.0 Å². The van der Waals surface area contributed by atoms with Gasteiger partial charge in [0.15, 0.2) is 0 Å². The first-order valence-corrected chi connectivity index (χ1v) is 11.8. The van der Waals surface area contributed by atoms with Gasteiger partial charge in [-0.15, -0.1) is 11.8 Å². The Balaban J connectivity index is 1.30. The number of halogens is 1. The maximum Gasteiger partial charge on any atom is 0.255 e. The van der Waals surface area contributed by atoms with Crippen molar-refractivity contribution in [3.8, 4) is 5.75 Å². The van der Waals surface area contributed by atoms with Crippen LogP contribution in [0.5, 0.6) is 5.75 Å². The molecule has 2 aliphatic rings. The second-order valence-electron chi connectivity index (χ2n) is 7.64. The second kappa shape index (κ2) is 9.94. The van der Waals surface area contributed by atoms with Gasteiger partial charge in [-0.1, -0.05) is 35.9 Å². The third-order valence-electron chi connectivity index (χ3n) is 5.79. The zero-order chi connectivity index (χ0) is 21.8. The van der Waals surface area contributed by atoms with Crippen LogP contribution in [0.4, 0.5) is 0 Å². The zero-order valence-corrected chi connectivity index (χ0v) is 19.1. The van der Waals surface area contributed by atoms with Crippen molar-refractivity contribution in [2.24, 2.45) is 0 Å². The van der Waals surface area contributed by atoms with Crippen molar-refractivity contribution in [2.45, 2.75) is 5.37 Å². The molecule has 31 heavy (non-hydrogen) atoms. The van der Waals surface area contributed by atoms with Gasteiger partial charge in [0.05, 0.1) is 23.4 Å². The van der Waals surface area contributed by atoms with E-state index in [2.05, 4.69) is 4.90 Å². The maximum atomic E-state index is 12.7. The molecule has 2 aromatic rings. The first kappa shape index (κ1) is 22.0. The number of thioether (sulfide) groups is 1. The van der Waals surface area contributed by atoms with Crippen LogP contribution in [-0.2, 0) is 4.79 Å². The number of benzene rings is 2. The van der Waals surface area contributed by atoms with Gasteiger partial charge in [-0.05, 0) is 29.8 Å². The molecule has 2 aliphatic heterocycles. The Morgan fingerprint density at radius 3 is 2.45 bits per heavy atom. The predicted molar refractivity (Wildman–Crippen MR) is 124 cm³/mol. The molecule has 2 fully saturated rings. The molecule has 0 saturated carbocycles. The average molecular weight is 460 g/mol. The van der Waals surface area contributed by atoms with Gasteiger partial charge in [0.2, 0.25) is 5.91 Å². The van der Waals surface area contributed by atoms with Gasteiger partial charge in [0, 0.05) is 39.3 Å². The highest BCUT2D eigenvalue weighted by molar-refractivity contribution is 8.00. The summed E-state index contributed by atoms with van der Waals surface area (Å²) < 4.78 is 5.24. The molecule has 2 heterocycles. The highest BCUT2D eigenvalue weighted by atomic mass is 35.5. The Hall–Kier alpha value is -2.22. The van der Waals surface area contributed by atoms with E-state index in [0.29, 0.717) is 36.0 Å². The highest BCUT2D eigenvalue weighted by Crippen LogP contribution is 2.38. The van der Waals surface area contributed by atoms with Gasteiger partial charge in [-0.3, -0.25) is 14.5 Å². The lowest BCUT2D eigenvalue weighted by molar-refractivity contribution is -0.128. The highest BCUT2D eigenvalue weighted by Gasteiger charge is 2.33. The Bertz CT molecular complexity index is 932. The van der Waals surface area contributed by atoms with Crippen LogP contribution in [0.2, 0.25) is 5.02 Å². The number of piperazine rings is 1. The Kier molecular flexibility index (Phi) is 7.05. The molecule has 1 atom stereocenters. The molecule has 0 bridgehead atoms. The van der Waals surface area contributed by atoms with Gasteiger partial charge in [-0.25, -0.2) is 0 Å². The Labute approximate surface area is 192 Å². The lowest BCUT2D eigenvalue weighted by Gasteiger charge is -2.36. The second-order valence-corrected chi connectivity index (χ2v) is 9.11. The fraction of sp³-hybridized carbons (Fsp3) is 0.391. The normalized spacial score (nSPS) is 19.7. The molecule has 0 aliphatic carbocycles. The van der Waals surface area contributed by atoms with Crippen LogP contribution in [0.15, 0.2) is 48.5 Å². The molecule has 4 rings (SSSR count). The van der Waals surface area contributed by atoms with Crippen molar-refractivity contribution < 1.29 is 14.3 Å². The van der Waals surface area contributed by atoms with Crippen molar-refractivity contribution in [3.05, 3.63) is 64.7 Å². The first-order valence-electron chi connectivity index (χ1n) is 10.4. The number of hydrogen-bond acceptors (Lipinski definition) is 5. The van der Waals surface area contributed by atoms with Crippen LogP contribution in [0, 0.1) is 0 Å². The molecule has 2 saturated heterocycles. The summed E-state index contributed by atoms with van der Waals surface area (Å²) in [6.45, 7) is 4.38. The third-order valence-corrected chi connectivity index (χ3v) is 7.38. The third kappa shape index (κ3) is 5.00. The number of methoxy groups -OCH3 is 1. The first-order chi connectivity index (χ1) is 15.1. The van der Waals surface area contributed by atoms with E-state index < -0.39 is 0 Å². The summed E-state index contributed by atoms with van der Waals surface area (Å²) in [5.74, 6) is 1.49. The quantitative estimate of drug-likeness (QED) is 0.662. The molecular formula is C23H26ClN3O3S. The molecule has 6 nitrogen and oxygen atoms in total. The minimum absolute atomic E-state index is 0.0176. The van der Waals surface area contributed by atoms with E-state index >= 15 is 0 Å². The van der Waals surface area contributed by atoms with Crippen LogP contribution < -0.4 is 4.74 Å². The van der Waals surface area contributed by atoms with E-state index in [1.807, 2.05) is 46.2 Å². The van der Waals surface area contributed by atoms with Crippen molar-refractivity contribution in [3.63, 3.8) is 0 Å². The largest absolute Gasteiger partial charge is 0.497 e. The minimum Gasteiger partial charge on any atom is -0.497 e. The molecule has 164 valence electrons. The molecular weight excluding hydrogens is 434 g/mol. The minimum atomic E-state index is -0.0176. The lowest BCUT2D eigenvalue weighted by atomic mass is 10.1. The Morgan fingerprint density at radius 1 is 1.06 bits per heavy atom. The standard InChI is InChI=1S/C23H26ClN3O3S/c1-30-18-8-6-17(7-9-18)23-27(21(28)16-31-23)15-12-25-10-13-26(14-11-25)22(29)19-4-2-3-5-20(19)24/h2-9,23H,10-16H2,1H3. The van der Waals surface area contributed by atoms with E-state index in [1.165, 1.54) is 0 Å². The zero-order valence-electron chi connectivity index (χ0n) is 17.5. The average Bonchev–Trinajstić information content (AvgIpc) is 3.18. The number of carbonyl (C=O) groups is 2. The lowest BCUT2D eigenvalue weighted by Crippen LogP contribution is -2.50. The molecule has 0 N–H and O–H groups in total. The van der Waals surface area contributed by atoms with Gasteiger partial charge in [-0.2, -0.15) is 0 Å². The van der Waals surface area contributed by atoms with Crippen LogP contribution in [0.25, 0.3) is 0 Å². The summed E-state index contributed by atoms with van der Waals surface area (Å²) in [5, 5.41) is 0.533. The van der Waals surface area contributed by atoms with E-state index in [9.17, 15) is 9.59 Å². The smallest absolute Gasteiger partial charge is 0.255 e. The summed E-state index contributed by atoms with van der Waals surface area (Å²) in [7, 11) is 1.65. The van der Waals surface area contributed by atoms with Gasteiger partial charge < -0.3 is 14.5 Å². The Morgan fingerprint density at radius 2 is 1.77 bits per heavy atom. The van der Waals surface area contributed by atoms with E-state index in [0.717, 1.165) is 30.9 Å². The van der Waals surface area contributed by atoms with Gasteiger partial charge in [0.1, 0.15) is 11.1 Å². The number of carbonyl (C=O) groups excluding carboxylic acids is 2. The summed E-state index contributed by atoms with van der Waals surface area (Å²) in [6.07, 6.45) is 0. The topological polar surface area (TPSA) is 53.1 Å². The molecule has 0 aromatic heterocycles. The monoisotopic (exact) mass is 459 g/mol. The fourth-order valence-electron chi connectivity index (χ4n) is 3.97. The molecule has 1 unspecified atom stereocenters. The van der Waals surface area contributed by atoms with Crippen molar-refractivity contribution in [2.75, 3.05) is 52.1 Å². The summed E-state index contributed by atoms with van der Waals surface area (Å²) in [4.78, 5) is 31.4. The molecule has 2 amide bonds. The van der Waals surface area contributed by atoms with Gasteiger partial charge >= 0.3 is 0 Å². The number of ether oxygens (including phenoxy) is 1. The summed E-state index contributed by atoms with van der Waals surface area (Å²) >= 11 is 7.85. The maximum absolute atomic E-state index is 12.7. The van der Waals surface area contributed by atoms with E-state index in [4.69, 9.17) is 16.3 Å². The number of hydrogen-bond donors (Lipinski definition) is 0.